The van der Waals surface area contributed by atoms with E-state index in [9.17, 15) is 23.5 Å². The van der Waals surface area contributed by atoms with Crippen molar-refractivity contribution in [3.05, 3.63) is 104 Å². The number of fused-ring (bicyclic) bond motifs is 1. The van der Waals surface area contributed by atoms with E-state index in [1.807, 2.05) is 25.1 Å². The summed E-state index contributed by atoms with van der Waals surface area (Å²) in [6.07, 6.45) is 4.83. The maximum absolute atomic E-state index is 14.2. The second-order valence-corrected chi connectivity index (χ2v) is 9.78. The van der Waals surface area contributed by atoms with Gasteiger partial charge in [0.2, 0.25) is 0 Å². The van der Waals surface area contributed by atoms with Crippen LogP contribution in [0.2, 0.25) is 0 Å². The standard InChI is InChI=1S/C27H23FN2O6S.ClH/c1-16-22(12-18-4-7-20(8-5-18)37(3)34)21-9-6-19(28)13-24(21)23(16)14-27(31)36-26-10-11-29-17(2)25(26)15-35-30(32)33;/h4-13H,14-15H2,1-3H3;1H/b22-12-;. The lowest BCUT2D eigenvalue weighted by atomic mass is 10.0. The van der Waals surface area contributed by atoms with Crippen molar-refractivity contribution in [2.75, 3.05) is 6.26 Å². The van der Waals surface area contributed by atoms with Crippen molar-refractivity contribution in [3.8, 4) is 5.75 Å². The van der Waals surface area contributed by atoms with Crippen molar-refractivity contribution in [3.63, 3.8) is 0 Å². The Kier molecular flexibility index (Phi) is 9.13. The van der Waals surface area contributed by atoms with Gasteiger partial charge in [0.15, 0.2) is 0 Å². The van der Waals surface area contributed by atoms with Crippen LogP contribution in [0.3, 0.4) is 0 Å². The van der Waals surface area contributed by atoms with Gasteiger partial charge in [0.1, 0.15) is 18.2 Å². The van der Waals surface area contributed by atoms with Crippen LogP contribution in [-0.2, 0) is 27.0 Å². The molecular weight excluding hydrogens is 535 g/mol. The molecule has 0 saturated carbocycles. The molecule has 0 aliphatic heterocycles. The maximum atomic E-state index is 14.2. The normalized spacial score (nSPS) is 14.1. The quantitative estimate of drug-likeness (QED) is 0.197. The molecule has 1 aliphatic carbocycles. The molecule has 0 bridgehead atoms. The predicted molar refractivity (Wildman–Crippen MR) is 144 cm³/mol. The second-order valence-electron chi connectivity index (χ2n) is 8.40. The van der Waals surface area contributed by atoms with Gasteiger partial charge in [0.25, 0.3) is 5.09 Å². The molecule has 0 fully saturated rings. The van der Waals surface area contributed by atoms with Gasteiger partial charge in [-0.25, -0.2) is 4.39 Å². The van der Waals surface area contributed by atoms with Crippen molar-refractivity contribution in [1.29, 1.82) is 0 Å². The fraction of sp³-hybridized carbons (Fsp3) is 0.185. The summed E-state index contributed by atoms with van der Waals surface area (Å²) >= 11 is 0. The van der Waals surface area contributed by atoms with Gasteiger partial charge < -0.3 is 9.57 Å². The molecule has 3 aromatic rings. The monoisotopic (exact) mass is 558 g/mol. The number of ether oxygens (including phenoxy) is 1. The Labute approximate surface area is 227 Å². The van der Waals surface area contributed by atoms with Gasteiger partial charge in [0.05, 0.1) is 6.42 Å². The molecule has 4 rings (SSSR count). The van der Waals surface area contributed by atoms with Gasteiger partial charge in [-0.05, 0) is 83.7 Å². The number of nitrogens with zero attached hydrogens (tertiary/aromatic N) is 2. The molecule has 11 heteroatoms. The summed E-state index contributed by atoms with van der Waals surface area (Å²) in [4.78, 5) is 32.9. The third kappa shape index (κ3) is 6.32. The number of hydrogen-bond acceptors (Lipinski definition) is 7. The van der Waals surface area contributed by atoms with Gasteiger partial charge in [-0.15, -0.1) is 22.5 Å². The van der Waals surface area contributed by atoms with E-state index in [-0.39, 0.29) is 30.1 Å². The summed E-state index contributed by atoms with van der Waals surface area (Å²) in [5.74, 6) is -0.940. The highest BCUT2D eigenvalue weighted by molar-refractivity contribution is 7.84. The molecule has 0 spiro atoms. The Bertz CT molecular complexity index is 1490. The molecule has 8 nitrogen and oxygen atoms in total. The van der Waals surface area contributed by atoms with Crippen molar-refractivity contribution < 1.29 is 28.1 Å². The molecule has 0 N–H and O–H groups in total. The first-order chi connectivity index (χ1) is 17.6. The Morgan fingerprint density at radius 1 is 1.13 bits per heavy atom. The number of esters is 1. The van der Waals surface area contributed by atoms with Crippen LogP contribution >= 0.6 is 12.4 Å². The van der Waals surface area contributed by atoms with Crippen LogP contribution in [0, 0.1) is 22.9 Å². The fourth-order valence-electron chi connectivity index (χ4n) is 4.17. The minimum Gasteiger partial charge on any atom is -0.426 e. The lowest BCUT2D eigenvalue weighted by Crippen LogP contribution is -2.12. The molecule has 1 aliphatic rings. The number of benzene rings is 2. The number of pyridine rings is 1. The number of allylic oxidation sites excluding steroid dienone is 2. The van der Waals surface area contributed by atoms with E-state index in [4.69, 9.17) is 4.74 Å². The third-order valence-electron chi connectivity index (χ3n) is 6.06. The number of aromatic nitrogens is 1. The number of halogens is 2. The van der Waals surface area contributed by atoms with Crippen LogP contribution in [0.4, 0.5) is 4.39 Å². The highest BCUT2D eigenvalue weighted by atomic mass is 35.5. The molecule has 0 amide bonds. The summed E-state index contributed by atoms with van der Waals surface area (Å²) in [5, 5.41) is 9.70. The molecule has 38 heavy (non-hydrogen) atoms. The zero-order chi connectivity index (χ0) is 26.7. The highest BCUT2D eigenvalue weighted by Crippen LogP contribution is 2.44. The summed E-state index contributed by atoms with van der Waals surface area (Å²) in [5.41, 5.74) is 5.20. The highest BCUT2D eigenvalue weighted by Gasteiger charge is 2.27. The predicted octanol–water partition coefficient (Wildman–Crippen LogP) is 5.72. The van der Waals surface area contributed by atoms with Crippen molar-refractivity contribution in [2.45, 2.75) is 31.8 Å². The largest absolute Gasteiger partial charge is 0.426 e. The lowest BCUT2D eigenvalue weighted by molar-refractivity contribution is -0.763. The van der Waals surface area contributed by atoms with Crippen LogP contribution < -0.4 is 4.74 Å². The second kappa shape index (κ2) is 12.1. The van der Waals surface area contributed by atoms with Crippen LogP contribution in [-0.4, -0.2) is 26.5 Å². The molecule has 1 heterocycles. The number of carbonyl (C=O) groups is 1. The van der Waals surface area contributed by atoms with E-state index >= 15 is 0 Å². The van der Waals surface area contributed by atoms with E-state index < -0.39 is 34.3 Å². The zero-order valence-electron chi connectivity index (χ0n) is 20.7. The molecule has 198 valence electrons. The number of rotatable bonds is 8. The average molecular weight is 559 g/mol. The number of carbonyl (C=O) groups excluding carboxylic acids is 1. The Balaban J connectivity index is 0.00000400. The van der Waals surface area contributed by atoms with E-state index in [1.165, 1.54) is 24.4 Å². The summed E-state index contributed by atoms with van der Waals surface area (Å²) < 4.78 is 31.5. The van der Waals surface area contributed by atoms with Gasteiger partial charge in [-0.1, -0.05) is 18.2 Å². The molecule has 1 atom stereocenters. The average Bonchev–Trinajstić information content (AvgIpc) is 3.09. The number of hydrogen-bond donors (Lipinski definition) is 0. The Hall–Kier alpha value is -3.89. The van der Waals surface area contributed by atoms with Crippen molar-refractivity contribution in [2.24, 2.45) is 0 Å². The van der Waals surface area contributed by atoms with Gasteiger partial charge in [-0.3, -0.25) is 14.0 Å². The first kappa shape index (κ1) is 28.7. The van der Waals surface area contributed by atoms with E-state index in [0.717, 1.165) is 22.3 Å². The first-order valence-electron chi connectivity index (χ1n) is 11.2. The number of aryl methyl sites for hydroxylation is 1. The van der Waals surface area contributed by atoms with Gasteiger partial charge >= 0.3 is 5.97 Å². The minimum absolute atomic E-state index is 0. The summed E-state index contributed by atoms with van der Waals surface area (Å²) in [6, 6.07) is 13.1. The Morgan fingerprint density at radius 2 is 1.84 bits per heavy atom. The maximum Gasteiger partial charge on any atom is 0.315 e. The lowest BCUT2D eigenvalue weighted by Gasteiger charge is -2.12. The van der Waals surface area contributed by atoms with Crippen molar-refractivity contribution in [1.82, 2.24) is 4.98 Å². The van der Waals surface area contributed by atoms with E-state index in [0.29, 0.717) is 21.7 Å². The minimum atomic E-state index is -1.09. The molecule has 0 saturated heterocycles. The van der Waals surface area contributed by atoms with E-state index in [1.54, 1.807) is 31.4 Å². The van der Waals surface area contributed by atoms with Gasteiger partial charge in [0, 0.05) is 39.4 Å². The van der Waals surface area contributed by atoms with Crippen LogP contribution in [0.5, 0.6) is 5.75 Å². The molecule has 1 aromatic heterocycles. The molecular formula is C27H24ClFN2O6S. The van der Waals surface area contributed by atoms with Crippen molar-refractivity contribution >= 4 is 46.4 Å². The van der Waals surface area contributed by atoms with Crippen LogP contribution in [0.25, 0.3) is 17.2 Å². The molecule has 2 aromatic carbocycles. The van der Waals surface area contributed by atoms with Gasteiger partial charge in [-0.2, -0.15) is 0 Å². The summed E-state index contributed by atoms with van der Waals surface area (Å²) in [7, 11) is -1.09. The SMILES string of the molecule is CC1=C(CC(=O)Oc2ccnc(C)c2CO[N+](=O)[O-])c2cc(F)ccc2/C1=C\c1ccc(S(C)=O)cc1.Cl. The fourth-order valence-corrected chi connectivity index (χ4v) is 4.69. The smallest absolute Gasteiger partial charge is 0.315 e. The molecule has 0 radical (unpaired) electrons. The molecule has 1 unspecified atom stereocenters. The van der Waals surface area contributed by atoms with Crippen LogP contribution in [0.1, 0.15) is 41.3 Å². The topological polar surface area (TPSA) is 109 Å². The van der Waals surface area contributed by atoms with E-state index in [2.05, 4.69) is 9.82 Å². The first-order valence-corrected chi connectivity index (χ1v) is 12.8. The third-order valence-corrected chi connectivity index (χ3v) is 7.00. The zero-order valence-corrected chi connectivity index (χ0v) is 22.4. The van der Waals surface area contributed by atoms with Crippen LogP contribution in [0.15, 0.2) is 65.2 Å². The Morgan fingerprint density at radius 3 is 2.50 bits per heavy atom. The summed E-state index contributed by atoms with van der Waals surface area (Å²) in [6.45, 7) is 3.07.